The molecule has 234 valence electrons. The Balaban J connectivity index is 1.05. The van der Waals surface area contributed by atoms with Crippen LogP contribution in [0.5, 0.6) is 23.1 Å². The molecule has 0 N–H and O–H groups in total. The van der Waals surface area contributed by atoms with Crippen molar-refractivity contribution in [3.63, 3.8) is 0 Å². The summed E-state index contributed by atoms with van der Waals surface area (Å²) in [4.78, 5) is 57.2. The average molecular weight is 638 g/mol. The zero-order valence-corrected chi connectivity index (χ0v) is 26.0. The second kappa shape index (κ2) is 14.0. The van der Waals surface area contributed by atoms with Crippen molar-refractivity contribution in [2.75, 3.05) is 19.2 Å². The van der Waals surface area contributed by atoms with E-state index in [1.807, 2.05) is 18.2 Å². The fraction of sp³-hybridized carbons (Fsp3) is 0.250. The Bertz CT molecular complexity index is 1830. The predicted molar refractivity (Wildman–Crippen MR) is 171 cm³/mol. The van der Waals surface area contributed by atoms with Gasteiger partial charge in [-0.3, -0.25) is 19.2 Å². The average Bonchev–Trinajstić information content (AvgIpc) is 3.57. The van der Waals surface area contributed by atoms with Gasteiger partial charge < -0.3 is 18.9 Å². The van der Waals surface area contributed by atoms with Crippen molar-refractivity contribution >= 4 is 34.9 Å². The summed E-state index contributed by atoms with van der Waals surface area (Å²) in [5, 5.41) is 0. The molecule has 0 radical (unpaired) electrons. The van der Waals surface area contributed by atoms with Gasteiger partial charge in [0.15, 0.2) is 34.6 Å². The van der Waals surface area contributed by atoms with E-state index in [0.717, 1.165) is 16.4 Å². The first kappa shape index (κ1) is 31.0. The highest BCUT2D eigenvalue weighted by Crippen LogP contribution is 2.34. The fourth-order valence-corrected chi connectivity index (χ4v) is 6.09. The van der Waals surface area contributed by atoms with Gasteiger partial charge in [0.25, 0.3) is 0 Å². The molecule has 0 amide bonds. The van der Waals surface area contributed by atoms with Crippen molar-refractivity contribution < 1.29 is 38.1 Å². The highest BCUT2D eigenvalue weighted by Gasteiger charge is 2.20. The standard InChI is InChI=1S/C36H31NO8S/c1-22-6-15-35(37-36(22)30(41)12-10-27(38)23-7-13-31-33(18-23)45-21-44-31)43-20-25-4-2-3-5-26(25)29(40)11-9-28(39)24-8-14-32-34(19-24)46-17-16-42-32/h2-8,13-15,18-19H,9-12,16-17,20-21H2,1H3. The Hall–Kier alpha value is -4.96. The third kappa shape index (κ3) is 7.13. The molecular weight excluding hydrogens is 606 g/mol. The van der Waals surface area contributed by atoms with Crippen molar-refractivity contribution in [1.29, 1.82) is 0 Å². The van der Waals surface area contributed by atoms with E-state index in [1.165, 1.54) is 0 Å². The summed E-state index contributed by atoms with van der Waals surface area (Å²) in [5.74, 6) is 2.21. The first-order valence-corrected chi connectivity index (χ1v) is 15.9. The monoisotopic (exact) mass is 637 g/mol. The minimum absolute atomic E-state index is 0.0152. The Labute approximate surface area is 270 Å². The second-order valence-corrected chi connectivity index (χ2v) is 12.0. The lowest BCUT2D eigenvalue weighted by Crippen LogP contribution is -2.11. The molecule has 0 aliphatic carbocycles. The number of hydrogen-bond donors (Lipinski definition) is 0. The number of hydrogen-bond acceptors (Lipinski definition) is 10. The van der Waals surface area contributed by atoms with Gasteiger partial charge in [-0.2, -0.15) is 0 Å². The van der Waals surface area contributed by atoms with Crippen LogP contribution >= 0.6 is 11.8 Å². The van der Waals surface area contributed by atoms with Gasteiger partial charge >= 0.3 is 0 Å². The first-order valence-electron chi connectivity index (χ1n) is 15.0. The quantitative estimate of drug-likeness (QED) is 0.144. The molecule has 0 fully saturated rings. The Kier molecular flexibility index (Phi) is 9.44. The van der Waals surface area contributed by atoms with Crippen LogP contribution in [0.1, 0.15) is 78.4 Å². The molecule has 3 aromatic carbocycles. The maximum Gasteiger partial charge on any atom is 0.231 e. The zero-order valence-electron chi connectivity index (χ0n) is 25.2. The fourth-order valence-electron chi connectivity index (χ4n) is 5.23. The van der Waals surface area contributed by atoms with Gasteiger partial charge in [-0.15, -0.1) is 11.8 Å². The van der Waals surface area contributed by atoms with Gasteiger partial charge in [-0.1, -0.05) is 30.3 Å². The number of ketones is 4. The number of thioether (sulfide) groups is 1. The predicted octanol–water partition coefficient (Wildman–Crippen LogP) is 6.87. The molecule has 0 saturated heterocycles. The van der Waals surface area contributed by atoms with Gasteiger partial charge in [0.1, 0.15) is 18.1 Å². The Morgan fingerprint density at radius 1 is 0.739 bits per heavy atom. The molecule has 3 heterocycles. The zero-order chi connectivity index (χ0) is 32.0. The number of aryl methyl sites for hydroxylation is 1. The smallest absolute Gasteiger partial charge is 0.231 e. The van der Waals surface area contributed by atoms with E-state index in [4.69, 9.17) is 18.9 Å². The third-order valence-electron chi connectivity index (χ3n) is 7.75. The first-order chi connectivity index (χ1) is 22.4. The van der Waals surface area contributed by atoms with Crippen molar-refractivity contribution in [1.82, 2.24) is 4.98 Å². The number of fused-ring (bicyclic) bond motifs is 2. The van der Waals surface area contributed by atoms with Crippen LogP contribution in [0.3, 0.4) is 0 Å². The van der Waals surface area contributed by atoms with Crippen molar-refractivity contribution in [2.24, 2.45) is 0 Å². The summed E-state index contributed by atoms with van der Waals surface area (Å²) >= 11 is 1.65. The van der Waals surface area contributed by atoms with Crippen LogP contribution in [0.15, 0.2) is 77.7 Å². The highest BCUT2D eigenvalue weighted by molar-refractivity contribution is 7.99. The number of ether oxygens (including phenoxy) is 4. The number of rotatable bonds is 13. The number of benzene rings is 3. The van der Waals surface area contributed by atoms with E-state index < -0.39 is 0 Å². The van der Waals surface area contributed by atoms with E-state index in [0.29, 0.717) is 45.9 Å². The molecule has 1 aromatic heterocycles. The molecule has 0 saturated carbocycles. The molecule has 0 bridgehead atoms. The molecule has 46 heavy (non-hydrogen) atoms. The molecule has 4 aromatic rings. The van der Waals surface area contributed by atoms with Crippen molar-refractivity contribution in [3.05, 3.63) is 106 Å². The van der Waals surface area contributed by atoms with Crippen molar-refractivity contribution in [2.45, 2.75) is 44.1 Å². The molecule has 0 unspecified atom stereocenters. The minimum atomic E-state index is -0.276. The van der Waals surface area contributed by atoms with Crippen LogP contribution in [0.25, 0.3) is 0 Å². The molecule has 6 rings (SSSR count). The lowest BCUT2D eigenvalue weighted by Gasteiger charge is -2.17. The topological polar surface area (TPSA) is 118 Å². The van der Waals surface area contributed by atoms with E-state index in [-0.39, 0.29) is 73.8 Å². The van der Waals surface area contributed by atoms with Crippen LogP contribution in [0, 0.1) is 6.92 Å². The normalized spacial score (nSPS) is 13.0. The number of carbonyl (C=O) groups excluding carboxylic acids is 4. The molecule has 10 heteroatoms. The van der Waals surface area contributed by atoms with E-state index >= 15 is 0 Å². The summed E-state index contributed by atoms with van der Waals surface area (Å²) in [6, 6.07) is 20.8. The number of aromatic nitrogens is 1. The number of nitrogens with zero attached hydrogens (tertiary/aromatic N) is 1. The Morgan fingerprint density at radius 2 is 1.43 bits per heavy atom. The van der Waals surface area contributed by atoms with Crippen LogP contribution in [-0.4, -0.2) is 47.3 Å². The maximum absolute atomic E-state index is 13.2. The minimum Gasteiger partial charge on any atom is -0.492 e. The van der Waals surface area contributed by atoms with Gasteiger partial charge in [-0.05, 0) is 48.9 Å². The largest absolute Gasteiger partial charge is 0.492 e. The summed E-state index contributed by atoms with van der Waals surface area (Å²) in [5.41, 5.74) is 3.02. The molecule has 9 nitrogen and oxygen atoms in total. The maximum atomic E-state index is 13.2. The summed E-state index contributed by atoms with van der Waals surface area (Å²) < 4.78 is 22.2. The molecule has 0 atom stereocenters. The van der Waals surface area contributed by atoms with Crippen LogP contribution in [-0.2, 0) is 6.61 Å². The van der Waals surface area contributed by atoms with Crippen LogP contribution in [0.4, 0.5) is 0 Å². The van der Waals surface area contributed by atoms with Crippen LogP contribution < -0.4 is 18.9 Å². The molecule has 2 aliphatic heterocycles. The lowest BCUT2D eigenvalue weighted by atomic mass is 9.98. The van der Waals surface area contributed by atoms with Gasteiger partial charge in [0.05, 0.1) is 11.5 Å². The van der Waals surface area contributed by atoms with Gasteiger partial charge in [0.2, 0.25) is 12.7 Å². The lowest BCUT2D eigenvalue weighted by molar-refractivity contribution is 0.0913. The summed E-state index contributed by atoms with van der Waals surface area (Å²) in [6.07, 6.45) is 0.144. The van der Waals surface area contributed by atoms with E-state index in [9.17, 15) is 19.2 Å². The molecule has 0 spiro atoms. The van der Waals surface area contributed by atoms with E-state index in [2.05, 4.69) is 4.98 Å². The summed E-state index contributed by atoms with van der Waals surface area (Å²) in [7, 11) is 0. The van der Waals surface area contributed by atoms with Gasteiger partial charge in [0, 0.05) is 59.8 Å². The number of carbonyl (C=O) groups is 4. The molecule has 2 aliphatic rings. The van der Waals surface area contributed by atoms with Crippen molar-refractivity contribution in [3.8, 4) is 23.1 Å². The second-order valence-electron chi connectivity index (χ2n) is 10.9. The molecular formula is C36H31NO8S. The number of Topliss-reactive ketones (excluding diaryl/α,β-unsaturated/α-hetero) is 4. The Morgan fingerprint density at radius 3 is 2.26 bits per heavy atom. The van der Waals surface area contributed by atoms with E-state index in [1.54, 1.807) is 73.3 Å². The third-order valence-corrected chi connectivity index (χ3v) is 8.75. The highest BCUT2D eigenvalue weighted by atomic mass is 32.2. The number of pyridine rings is 1. The summed E-state index contributed by atoms with van der Waals surface area (Å²) in [6.45, 7) is 2.58. The van der Waals surface area contributed by atoms with Gasteiger partial charge in [-0.25, -0.2) is 4.98 Å². The van der Waals surface area contributed by atoms with Crippen LogP contribution in [0.2, 0.25) is 0 Å². The SMILES string of the molecule is Cc1ccc(OCc2ccccc2C(=O)CCC(=O)c2ccc3c(c2)SCCO3)nc1C(=O)CCC(=O)c1ccc2c(c1)OCO2.